The van der Waals surface area contributed by atoms with Crippen LogP contribution >= 0.6 is 0 Å². The van der Waals surface area contributed by atoms with Gasteiger partial charge in [-0.3, -0.25) is 4.79 Å². The molecule has 3 aromatic heterocycles. The van der Waals surface area contributed by atoms with Crippen LogP contribution in [0.3, 0.4) is 0 Å². The first kappa shape index (κ1) is 19.9. The predicted octanol–water partition coefficient (Wildman–Crippen LogP) is 2.09. The molecule has 5 rings (SSSR count). The summed E-state index contributed by atoms with van der Waals surface area (Å²) in [6.45, 7) is 0.207. The summed E-state index contributed by atoms with van der Waals surface area (Å²) < 4.78 is 5.97. The minimum absolute atomic E-state index is 0.0187. The number of aromatic amines is 1. The summed E-state index contributed by atoms with van der Waals surface area (Å²) in [7, 11) is 0. The molecule has 0 unspecified atom stereocenters. The number of amides is 1. The largest absolute Gasteiger partial charge is 0.379 e. The Kier molecular flexibility index (Phi) is 5.21. The number of carbonyl (C=O) groups is 1. The third-order valence-corrected chi connectivity index (χ3v) is 4.90. The van der Waals surface area contributed by atoms with E-state index in [0.29, 0.717) is 5.69 Å². The van der Waals surface area contributed by atoms with Gasteiger partial charge in [-0.05, 0) is 28.5 Å². The van der Waals surface area contributed by atoms with Crippen LogP contribution in [0.1, 0.15) is 21.7 Å². The second-order valence-corrected chi connectivity index (χ2v) is 6.98. The number of para-hydroxylation sites is 2. The van der Waals surface area contributed by atoms with E-state index in [2.05, 4.69) is 46.1 Å². The van der Waals surface area contributed by atoms with Crippen molar-refractivity contribution in [3.8, 4) is 5.82 Å². The molecule has 33 heavy (non-hydrogen) atoms. The van der Waals surface area contributed by atoms with E-state index in [4.69, 9.17) is 5.73 Å². The second-order valence-electron chi connectivity index (χ2n) is 6.98. The van der Waals surface area contributed by atoms with Gasteiger partial charge in [-0.25, -0.2) is 10.1 Å². The highest BCUT2D eigenvalue weighted by molar-refractivity contribution is 6.00. The lowest BCUT2D eigenvalue weighted by Crippen LogP contribution is -2.21. The number of hydrogen-bond acceptors (Lipinski definition) is 9. The van der Waals surface area contributed by atoms with Gasteiger partial charge in [0.25, 0.3) is 5.91 Å². The number of anilines is 2. The first-order valence-electron chi connectivity index (χ1n) is 9.92. The molecular weight excluding hydrogens is 424 g/mol. The molecule has 12 heteroatoms. The van der Waals surface area contributed by atoms with Crippen LogP contribution in [-0.4, -0.2) is 42.4 Å². The van der Waals surface area contributed by atoms with Crippen molar-refractivity contribution in [2.45, 2.75) is 6.54 Å². The molecular formula is C21H18N10O2. The molecule has 5 aromatic rings. The fraction of sp³-hybridized carbons (Fsp3) is 0.0476. The number of nitrogen functional groups attached to an aromatic ring is 1. The molecule has 12 nitrogen and oxygen atoms in total. The van der Waals surface area contributed by atoms with Gasteiger partial charge in [-0.2, -0.15) is 9.78 Å². The second kappa shape index (κ2) is 8.63. The average molecular weight is 442 g/mol. The van der Waals surface area contributed by atoms with Crippen molar-refractivity contribution >= 4 is 34.5 Å². The first-order chi connectivity index (χ1) is 16.2. The Morgan fingerprint density at radius 2 is 1.97 bits per heavy atom. The molecule has 0 aliphatic heterocycles. The third kappa shape index (κ3) is 3.99. The van der Waals surface area contributed by atoms with Gasteiger partial charge < -0.3 is 16.0 Å². The summed E-state index contributed by atoms with van der Waals surface area (Å²) >= 11 is 0. The zero-order chi connectivity index (χ0) is 22.6. The minimum Gasteiger partial charge on any atom is -0.379 e. The van der Waals surface area contributed by atoms with Crippen molar-refractivity contribution in [3.05, 3.63) is 77.7 Å². The molecule has 1 amide bonds. The number of H-pyrrole nitrogens is 1. The number of nitrogens with zero attached hydrogens (tertiary/aromatic N) is 6. The van der Waals surface area contributed by atoms with Gasteiger partial charge in [0.15, 0.2) is 5.69 Å². The van der Waals surface area contributed by atoms with Gasteiger partial charge in [0.05, 0.1) is 18.5 Å². The number of nitrogens with one attached hydrogen (secondary N) is 3. The Morgan fingerprint density at radius 1 is 1.15 bits per heavy atom. The Hall–Kier alpha value is -5.00. The fourth-order valence-corrected chi connectivity index (χ4v) is 3.30. The lowest BCUT2D eigenvalue weighted by Gasteiger charge is -2.08. The van der Waals surface area contributed by atoms with E-state index in [1.165, 1.54) is 4.68 Å². The summed E-state index contributed by atoms with van der Waals surface area (Å²) in [5.74, 6) is -0.392. The lowest BCUT2D eigenvalue weighted by atomic mass is 10.2. The van der Waals surface area contributed by atoms with E-state index < -0.39 is 5.91 Å². The number of fused-ring (bicyclic) bond motifs is 1. The number of hydrazone groups is 1. The van der Waals surface area contributed by atoms with E-state index in [1.807, 2.05) is 60.8 Å². The highest BCUT2D eigenvalue weighted by Crippen LogP contribution is 2.18. The van der Waals surface area contributed by atoms with Crippen molar-refractivity contribution in [2.75, 3.05) is 11.1 Å². The van der Waals surface area contributed by atoms with Crippen LogP contribution < -0.4 is 16.5 Å². The van der Waals surface area contributed by atoms with Crippen molar-refractivity contribution in [2.24, 2.45) is 5.10 Å². The maximum atomic E-state index is 12.9. The standard InChI is InChI=1S/C21H18N10O2/c22-19-20(29-33-28-19)31-17(12-23-14-6-2-1-3-7-14)18(26-30-31)21(32)27-25-11-13-10-24-16-9-5-4-8-15(13)16/h1-11,23-24H,12H2,(H2,22,28)(H,27,32)/b25-11+. The zero-order valence-corrected chi connectivity index (χ0v) is 17.1. The highest BCUT2D eigenvalue weighted by Gasteiger charge is 2.23. The summed E-state index contributed by atoms with van der Waals surface area (Å²) in [6.07, 6.45) is 3.37. The van der Waals surface area contributed by atoms with Gasteiger partial charge in [0.1, 0.15) is 0 Å². The average Bonchev–Trinajstić information content (AvgIpc) is 3.56. The molecule has 0 bridgehead atoms. The molecule has 0 saturated carbocycles. The molecule has 5 N–H and O–H groups in total. The van der Waals surface area contributed by atoms with Gasteiger partial charge in [-0.15, -0.1) is 5.10 Å². The van der Waals surface area contributed by atoms with Crippen molar-refractivity contribution in [1.82, 2.24) is 35.7 Å². The van der Waals surface area contributed by atoms with E-state index >= 15 is 0 Å². The lowest BCUT2D eigenvalue weighted by molar-refractivity contribution is 0.0949. The SMILES string of the molecule is Nc1nonc1-n1nnc(C(=O)N/N=C/c2c[nH]c3ccccc23)c1CNc1ccccc1. The summed E-state index contributed by atoms with van der Waals surface area (Å²) in [6, 6.07) is 17.3. The van der Waals surface area contributed by atoms with Crippen molar-refractivity contribution < 1.29 is 9.42 Å². The molecule has 0 radical (unpaired) electrons. The molecule has 0 aliphatic rings. The molecule has 0 spiro atoms. The van der Waals surface area contributed by atoms with Gasteiger partial charge in [0, 0.05) is 28.4 Å². The van der Waals surface area contributed by atoms with Crippen LogP contribution in [-0.2, 0) is 6.54 Å². The number of benzene rings is 2. The topological polar surface area (TPSA) is 165 Å². The summed E-state index contributed by atoms with van der Waals surface area (Å²) in [5, 5.41) is 23.6. The van der Waals surface area contributed by atoms with Crippen LogP contribution in [0.5, 0.6) is 0 Å². The molecule has 164 valence electrons. The molecule has 3 heterocycles. The number of hydrogen-bond donors (Lipinski definition) is 4. The van der Waals surface area contributed by atoms with E-state index in [-0.39, 0.29) is 23.9 Å². The number of rotatable bonds is 7. The maximum absolute atomic E-state index is 12.9. The van der Waals surface area contributed by atoms with Crippen molar-refractivity contribution in [3.63, 3.8) is 0 Å². The van der Waals surface area contributed by atoms with Gasteiger partial charge in [-0.1, -0.05) is 41.6 Å². The number of carbonyl (C=O) groups excluding carboxylic acids is 1. The summed E-state index contributed by atoms with van der Waals surface area (Å²) in [5.41, 5.74) is 11.4. The zero-order valence-electron chi connectivity index (χ0n) is 17.1. The molecule has 0 atom stereocenters. The molecule has 0 saturated heterocycles. The smallest absolute Gasteiger partial charge is 0.293 e. The van der Waals surface area contributed by atoms with E-state index in [0.717, 1.165) is 22.2 Å². The number of aromatic nitrogens is 6. The Labute approximate surface area is 186 Å². The Morgan fingerprint density at radius 3 is 2.79 bits per heavy atom. The fourth-order valence-electron chi connectivity index (χ4n) is 3.30. The predicted molar refractivity (Wildman–Crippen MR) is 121 cm³/mol. The van der Waals surface area contributed by atoms with E-state index in [9.17, 15) is 4.79 Å². The number of nitrogens with two attached hydrogens (primary N) is 1. The highest BCUT2D eigenvalue weighted by atomic mass is 16.6. The van der Waals surface area contributed by atoms with Crippen LogP contribution in [0.25, 0.3) is 16.7 Å². The molecule has 0 aliphatic carbocycles. The van der Waals surface area contributed by atoms with Crippen molar-refractivity contribution in [1.29, 1.82) is 0 Å². The Bertz CT molecular complexity index is 1430. The maximum Gasteiger partial charge on any atom is 0.293 e. The van der Waals surface area contributed by atoms with Crippen LogP contribution in [0, 0.1) is 0 Å². The van der Waals surface area contributed by atoms with Gasteiger partial charge in [0.2, 0.25) is 11.6 Å². The first-order valence-corrected chi connectivity index (χ1v) is 9.92. The summed E-state index contributed by atoms with van der Waals surface area (Å²) in [4.78, 5) is 16.0. The quantitative estimate of drug-likeness (QED) is 0.220. The minimum atomic E-state index is -0.544. The molecule has 0 fully saturated rings. The normalized spacial score (nSPS) is 11.3. The third-order valence-electron chi connectivity index (χ3n) is 4.90. The Balaban J connectivity index is 1.39. The van der Waals surface area contributed by atoms with Crippen LogP contribution in [0.15, 0.2) is 70.5 Å². The van der Waals surface area contributed by atoms with Gasteiger partial charge >= 0.3 is 0 Å². The molecule has 2 aromatic carbocycles. The van der Waals surface area contributed by atoms with E-state index in [1.54, 1.807) is 6.21 Å². The van der Waals surface area contributed by atoms with Crippen LogP contribution in [0.2, 0.25) is 0 Å². The van der Waals surface area contributed by atoms with Crippen LogP contribution in [0.4, 0.5) is 11.5 Å². The monoisotopic (exact) mass is 442 g/mol.